The number of hydrogen-bond acceptors (Lipinski definition) is 5. The molecule has 1 atom stereocenters. The molecule has 4 aromatic rings. The van der Waals surface area contributed by atoms with Crippen LogP contribution in [0.25, 0.3) is 10.9 Å². The van der Waals surface area contributed by atoms with Gasteiger partial charge in [0, 0.05) is 24.1 Å². The number of aromatic nitrogens is 3. The van der Waals surface area contributed by atoms with Gasteiger partial charge in [0.25, 0.3) is 5.91 Å². The molecule has 0 fully saturated rings. The summed E-state index contributed by atoms with van der Waals surface area (Å²) < 4.78 is 11.0. The second-order valence-electron chi connectivity index (χ2n) is 7.67. The molecule has 0 spiro atoms. The van der Waals surface area contributed by atoms with E-state index in [2.05, 4.69) is 20.3 Å². The molecule has 2 N–H and O–H groups in total. The second kappa shape index (κ2) is 7.43. The summed E-state index contributed by atoms with van der Waals surface area (Å²) in [6, 6.07) is 15.5. The lowest BCUT2D eigenvalue weighted by molar-refractivity contribution is 0.0879. The van der Waals surface area contributed by atoms with Gasteiger partial charge in [-0.05, 0) is 30.7 Å². The summed E-state index contributed by atoms with van der Waals surface area (Å²) in [7, 11) is 1.56. The Balaban J connectivity index is 1.59. The smallest absolute Gasteiger partial charge is 0.268 e. The third kappa shape index (κ3) is 3.28. The highest BCUT2D eigenvalue weighted by atomic mass is 16.5. The SMILES string of the molecule is COc1cc2cc(C(=O)N[C@]3(c4ccc(C)cc4)CCOc4cccnc43)[nH]c2cn1. The van der Waals surface area contributed by atoms with Crippen LogP contribution in [0.5, 0.6) is 11.6 Å². The number of H-pyrrole nitrogens is 1. The average Bonchev–Trinajstić information content (AvgIpc) is 3.23. The van der Waals surface area contributed by atoms with Crippen molar-refractivity contribution in [1.82, 2.24) is 20.3 Å². The monoisotopic (exact) mass is 414 g/mol. The van der Waals surface area contributed by atoms with Crippen molar-refractivity contribution in [2.75, 3.05) is 13.7 Å². The van der Waals surface area contributed by atoms with Gasteiger partial charge in [-0.3, -0.25) is 9.78 Å². The number of benzene rings is 1. The lowest BCUT2D eigenvalue weighted by Crippen LogP contribution is -2.50. The first kappa shape index (κ1) is 19.1. The Labute approximate surface area is 179 Å². The number of hydrogen-bond donors (Lipinski definition) is 2. The first-order valence-corrected chi connectivity index (χ1v) is 10.1. The molecular formula is C24H22N4O3. The number of aromatic amines is 1. The fraction of sp³-hybridized carbons (Fsp3) is 0.208. The zero-order chi connectivity index (χ0) is 21.4. The van der Waals surface area contributed by atoms with E-state index < -0.39 is 5.54 Å². The van der Waals surface area contributed by atoms with Crippen LogP contribution in [0.3, 0.4) is 0 Å². The van der Waals surface area contributed by atoms with Crippen molar-refractivity contribution in [3.63, 3.8) is 0 Å². The van der Waals surface area contributed by atoms with Crippen LogP contribution in [-0.4, -0.2) is 34.6 Å². The maximum absolute atomic E-state index is 13.4. The van der Waals surface area contributed by atoms with Gasteiger partial charge in [0.2, 0.25) is 5.88 Å². The van der Waals surface area contributed by atoms with Gasteiger partial charge in [-0.15, -0.1) is 0 Å². The van der Waals surface area contributed by atoms with Gasteiger partial charge in [0.05, 0.1) is 25.4 Å². The van der Waals surface area contributed by atoms with E-state index in [1.807, 2.05) is 43.3 Å². The number of nitrogens with zero attached hydrogens (tertiary/aromatic N) is 2. The van der Waals surface area contributed by atoms with Gasteiger partial charge in [-0.1, -0.05) is 29.8 Å². The van der Waals surface area contributed by atoms with E-state index in [9.17, 15) is 4.79 Å². The first-order chi connectivity index (χ1) is 15.1. The van der Waals surface area contributed by atoms with E-state index in [0.29, 0.717) is 36.0 Å². The Morgan fingerprint density at radius 2 is 2.03 bits per heavy atom. The van der Waals surface area contributed by atoms with Crippen molar-refractivity contribution in [1.29, 1.82) is 0 Å². The molecule has 4 heterocycles. The number of carbonyl (C=O) groups excluding carboxylic acids is 1. The molecule has 0 bridgehead atoms. The number of amides is 1. The van der Waals surface area contributed by atoms with Gasteiger partial charge < -0.3 is 19.8 Å². The quantitative estimate of drug-likeness (QED) is 0.531. The number of fused-ring (bicyclic) bond motifs is 2. The van der Waals surface area contributed by atoms with E-state index in [1.54, 1.807) is 31.6 Å². The molecular weight excluding hydrogens is 392 g/mol. The molecule has 1 aliphatic heterocycles. The van der Waals surface area contributed by atoms with Crippen LogP contribution < -0.4 is 14.8 Å². The molecule has 5 rings (SSSR count). The van der Waals surface area contributed by atoms with Gasteiger partial charge >= 0.3 is 0 Å². The minimum absolute atomic E-state index is 0.228. The molecule has 7 nitrogen and oxygen atoms in total. The summed E-state index contributed by atoms with van der Waals surface area (Å²) in [5.41, 5.74) is 3.23. The maximum Gasteiger partial charge on any atom is 0.268 e. The van der Waals surface area contributed by atoms with Crippen LogP contribution in [0.2, 0.25) is 0 Å². The number of pyridine rings is 2. The van der Waals surface area contributed by atoms with Crippen LogP contribution in [0.15, 0.2) is 60.9 Å². The van der Waals surface area contributed by atoms with Crippen molar-refractivity contribution >= 4 is 16.8 Å². The minimum atomic E-state index is -0.799. The highest BCUT2D eigenvalue weighted by Gasteiger charge is 2.42. The lowest BCUT2D eigenvalue weighted by Gasteiger charge is -2.38. The Hall–Kier alpha value is -3.87. The predicted octanol–water partition coefficient (Wildman–Crippen LogP) is 3.73. The van der Waals surface area contributed by atoms with Gasteiger partial charge in [0.15, 0.2) is 0 Å². The average molecular weight is 414 g/mol. The molecule has 156 valence electrons. The van der Waals surface area contributed by atoms with Crippen molar-refractivity contribution in [2.45, 2.75) is 18.9 Å². The zero-order valence-corrected chi connectivity index (χ0v) is 17.3. The number of carbonyl (C=O) groups is 1. The minimum Gasteiger partial charge on any atom is -0.491 e. The summed E-state index contributed by atoms with van der Waals surface area (Å²) in [5, 5.41) is 4.12. The van der Waals surface area contributed by atoms with Crippen LogP contribution in [-0.2, 0) is 5.54 Å². The van der Waals surface area contributed by atoms with Crippen molar-refractivity contribution in [3.8, 4) is 11.6 Å². The molecule has 31 heavy (non-hydrogen) atoms. The van der Waals surface area contributed by atoms with Crippen molar-refractivity contribution in [3.05, 3.63) is 83.4 Å². The van der Waals surface area contributed by atoms with Crippen LogP contribution in [0.1, 0.15) is 33.7 Å². The van der Waals surface area contributed by atoms with E-state index in [1.165, 1.54) is 0 Å². The number of ether oxygens (including phenoxy) is 2. The van der Waals surface area contributed by atoms with E-state index in [4.69, 9.17) is 9.47 Å². The first-order valence-electron chi connectivity index (χ1n) is 10.1. The predicted molar refractivity (Wildman–Crippen MR) is 116 cm³/mol. The highest BCUT2D eigenvalue weighted by molar-refractivity contribution is 5.98. The Bertz CT molecular complexity index is 1270. The van der Waals surface area contributed by atoms with Crippen LogP contribution in [0.4, 0.5) is 0 Å². The molecule has 0 saturated heterocycles. The topological polar surface area (TPSA) is 89.1 Å². The number of aryl methyl sites for hydroxylation is 1. The summed E-state index contributed by atoms with van der Waals surface area (Å²) in [5.74, 6) is 0.951. The molecule has 3 aromatic heterocycles. The zero-order valence-electron chi connectivity index (χ0n) is 17.3. The largest absolute Gasteiger partial charge is 0.491 e. The van der Waals surface area contributed by atoms with E-state index in [-0.39, 0.29) is 5.91 Å². The molecule has 1 aromatic carbocycles. The van der Waals surface area contributed by atoms with Gasteiger partial charge in [-0.25, -0.2) is 4.98 Å². The fourth-order valence-electron chi connectivity index (χ4n) is 4.08. The van der Waals surface area contributed by atoms with Crippen LogP contribution >= 0.6 is 0 Å². The number of nitrogens with one attached hydrogen (secondary N) is 2. The third-order valence-electron chi connectivity index (χ3n) is 5.71. The molecule has 0 unspecified atom stereocenters. The van der Waals surface area contributed by atoms with Crippen LogP contribution in [0, 0.1) is 6.92 Å². The normalized spacial score (nSPS) is 17.6. The molecule has 7 heteroatoms. The number of methoxy groups -OCH3 is 1. The summed E-state index contributed by atoms with van der Waals surface area (Å²) in [6.07, 6.45) is 3.96. The van der Waals surface area contributed by atoms with E-state index in [0.717, 1.165) is 22.0 Å². The lowest BCUT2D eigenvalue weighted by atomic mass is 9.81. The highest BCUT2D eigenvalue weighted by Crippen LogP contribution is 2.40. The van der Waals surface area contributed by atoms with Gasteiger partial charge in [0.1, 0.15) is 22.7 Å². The van der Waals surface area contributed by atoms with E-state index >= 15 is 0 Å². The summed E-state index contributed by atoms with van der Waals surface area (Å²) in [4.78, 5) is 25.4. The molecule has 0 radical (unpaired) electrons. The Morgan fingerprint density at radius 3 is 2.84 bits per heavy atom. The van der Waals surface area contributed by atoms with Crippen molar-refractivity contribution < 1.29 is 14.3 Å². The molecule has 1 aliphatic rings. The molecule has 1 amide bonds. The third-order valence-corrected chi connectivity index (χ3v) is 5.71. The Morgan fingerprint density at radius 1 is 1.19 bits per heavy atom. The number of rotatable bonds is 4. The molecule has 0 saturated carbocycles. The maximum atomic E-state index is 13.4. The fourth-order valence-corrected chi connectivity index (χ4v) is 4.08. The second-order valence-corrected chi connectivity index (χ2v) is 7.67. The van der Waals surface area contributed by atoms with Crippen molar-refractivity contribution in [2.24, 2.45) is 0 Å². The van der Waals surface area contributed by atoms with Gasteiger partial charge in [-0.2, -0.15) is 0 Å². The Kier molecular flexibility index (Phi) is 4.58. The standard InChI is InChI=1S/C24H22N4O3/c1-15-5-7-17(8-6-15)24(9-11-31-20-4-3-10-25-22(20)24)28-23(29)18-12-16-13-21(30-2)26-14-19(16)27-18/h3-8,10,12-14,27H,9,11H2,1-2H3,(H,28,29)/t24-/m0/s1. The summed E-state index contributed by atoms with van der Waals surface area (Å²) in [6.45, 7) is 2.51. The molecule has 0 aliphatic carbocycles. The summed E-state index contributed by atoms with van der Waals surface area (Å²) >= 11 is 0.